The summed E-state index contributed by atoms with van der Waals surface area (Å²) in [5, 5.41) is 17.0. The highest BCUT2D eigenvalue weighted by Gasteiger charge is 2.36. The van der Waals surface area contributed by atoms with Crippen LogP contribution in [0.5, 0.6) is 0 Å². The van der Waals surface area contributed by atoms with Gasteiger partial charge in [-0.3, -0.25) is 9.59 Å². The Morgan fingerprint density at radius 2 is 1.95 bits per heavy atom. The Hall–Kier alpha value is -1.79. The van der Waals surface area contributed by atoms with Gasteiger partial charge in [-0.15, -0.1) is 0 Å². The molecule has 0 saturated heterocycles. The van der Waals surface area contributed by atoms with Gasteiger partial charge in [0.05, 0.1) is 0 Å². The number of amides is 2. The zero-order valence-corrected chi connectivity index (χ0v) is 11.4. The van der Waals surface area contributed by atoms with Gasteiger partial charge in [0.2, 0.25) is 11.8 Å². The fourth-order valence-corrected chi connectivity index (χ4v) is 1.62. The molecule has 108 valence electrons. The van der Waals surface area contributed by atoms with Crippen molar-refractivity contribution in [1.82, 2.24) is 10.6 Å². The third kappa shape index (κ3) is 3.84. The van der Waals surface area contributed by atoms with E-state index in [4.69, 9.17) is 10.9 Å². The van der Waals surface area contributed by atoms with Crippen molar-refractivity contribution in [2.24, 2.45) is 22.2 Å². The summed E-state index contributed by atoms with van der Waals surface area (Å²) in [4.78, 5) is 23.4. The van der Waals surface area contributed by atoms with Crippen LogP contribution in [0.4, 0.5) is 0 Å². The Bertz CT molecular complexity index is 379. The van der Waals surface area contributed by atoms with Gasteiger partial charge in [-0.05, 0) is 26.2 Å². The van der Waals surface area contributed by atoms with Crippen LogP contribution in [0.25, 0.3) is 0 Å². The topological polar surface area (TPSA) is 117 Å². The lowest BCUT2D eigenvalue weighted by Crippen LogP contribution is -2.49. The predicted octanol–water partition coefficient (Wildman–Crippen LogP) is -0.208. The summed E-state index contributed by atoms with van der Waals surface area (Å²) < 4.78 is 0. The summed E-state index contributed by atoms with van der Waals surface area (Å²) >= 11 is 0. The van der Waals surface area contributed by atoms with E-state index in [9.17, 15) is 9.59 Å². The third-order valence-corrected chi connectivity index (χ3v) is 3.54. The summed E-state index contributed by atoms with van der Waals surface area (Å²) in [6.45, 7) is 4.11. The molecule has 1 atom stereocenters. The number of carbonyl (C=O) groups is 2. The largest absolute Gasteiger partial charge is 0.409 e. The first-order valence-electron chi connectivity index (χ1n) is 6.49. The minimum Gasteiger partial charge on any atom is -0.409 e. The molecule has 5 N–H and O–H groups in total. The average molecular weight is 270 g/mol. The predicted molar refractivity (Wildman–Crippen MR) is 70.6 cm³/mol. The van der Waals surface area contributed by atoms with Gasteiger partial charge in [-0.25, -0.2) is 0 Å². The van der Waals surface area contributed by atoms with Crippen LogP contribution in [0.15, 0.2) is 5.16 Å². The molecule has 1 aliphatic rings. The van der Waals surface area contributed by atoms with E-state index in [1.165, 1.54) is 0 Å². The molecule has 2 amide bonds. The molecule has 7 heteroatoms. The van der Waals surface area contributed by atoms with Crippen LogP contribution in [0.1, 0.15) is 33.1 Å². The number of amidine groups is 1. The molecule has 0 aromatic heterocycles. The third-order valence-electron chi connectivity index (χ3n) is 3.54. The molecular weight excluding hydrogens is 248 g/mol. The molecule has 0 aliphatic heterocycles. The minimum absolute atomic E-state index is 0.0453. The Morgan fingerprint density at radius 1 is 1.37 bits per heavy atom. The van der Waals surface area contributed by atoms with Crippen molar-refractivity contribution in [2.45, 2.75) is 33.1 Å². The first kappa shape index (κ1) is 15.3. The van der Waals surface area contributed by atoms with Crippen LogP contribution < -0.4 is 16.4 Å². The van der Waals surface area contributed by atoms with E-state index in [-0.39, 0.29) is 23.6 Å². The van der Waals surface area contributed by atoms with Crippen LogP contribution in [-0.4, -0.2) is 35.9 Å². The molecule has 0 aromatic rings. The summed E-state index contributed by atoms with van der Waals surface area (Å²) in [6, 6.07) is 0. The maximum atomic E-state index is 12.0. The molecule has 0 heterocycles. The van der Waals surface area contributed by atoms with E-state index in [1.807, 2.05) is 0 Å². The second kappa shape index (κ2) is 6.40. The number of hydrogen-bond donors (Lipinski definition) is 4. The number of nitrogens with two attached hydrogens (primary N) is 1. The minimum atomic E-state index is -1.03. The summed E-state index contributed by atoms with van der Waals surface area (Å²) in [7, 11) is 0. The second-order valence-electron chi connectivity index (χ2n) is 4.99. The zero-order chi connectivity index (χ0) is 14.5. The van der Waals surface area contributed by atoms with E-state index in [1.54, 1.807) is 13.8 Å². The summed E-state index contributed by atoms with van der Waals surface area (Å²) in [5.41, 5.74) is 4.50. The maximum Gasteiger partial charge on any atom is 0.233 e. The summed E-state index contributed by atoms with van der Waals surface area (Å²) in [5.74, 6) is -0.224. The van der Waals surface area contributed by atoms with Gasteiger partial charge in [-0.1, -0.05) is 12.1 Å². The van der Waals surface area contributed by atoms with Gasteiger partial charge in [0.1, 0.15) is 5.41 Å². The molecular formula is C12H22N4O3. The average Bonchev–Trinajstić information content (AvgIpc) is 3.25. The fraction of sp³-hybridized carbons (Fsp3) is 0.750. The Balaban J connectivity index is 2.34. The molecule has 0 aromatic carbocycles. The van der Waals surface area contributed by atoms with Gasteiger partial charge in [0, 0.05) is 19.0 Å². The van der Waals surface area contributed by atoms with E-state index < -0.39 is 5.41 Å². The number of carbonyl (C=O) groups excluding carboxylic acids is 2. The van der Waals surface area contributed by atoms with E-state index in [2.05, 4.69) is 15.8 Å². The molecule has 1 rings (SSSR count). The van der Waals surface area contributed by atoms with E-state index >= 15 is 0 Å². The van der Waals surface area contributed by atoms with Crippen LogP contribution >= 0.6 is 0 Å². The molecule has 0 radical (unpaired) electrons. The quantitative estimate of drug-likeness (QED) is 0.168. The van der Waals surface area contributed by atoms with Crippen molar-refractivity contribution in [3.63, 3.8) is 0 Å². The highest BCUT2D eigenvalue weighted by atomic mass is 16.4. The lowest BCUT2D eigenvalue weighted by Gasteiger charge is -2.25. The molecule has 1 fully saturated rings. The molecule has 1 saturated carbocycles. The van der Waals surface area contributed by atoms with Gasteiger partial charge >= 0.3 is 0 Å². The van der Waals surface area contributed by atoms with Crippen molar-refractivity contribution >= 4 is 17.6 Å². The Labute approximate surface area is 112 Å². The number of hydrogen-bond acceptors (Lipinski definition) is 4. The van der Waals surface area contributed by atoms with Crippen molar-refractivity contribution in [3.8, 4) is 0 Å². The number of nitrogens with one attached hydrogen (secondary N) is 2. The van der Waals surface area contributed by atoms with E-state index in [0.29, 0.717) is 19.5 Å². The highest BCUT2D eigenvalue weighted by Crippen LogP contribution is 2.28. The standard InChI is InChI=1S/C12H22N4O3/c1-3-12(2,10(13)16-19)11(18)15-7-6-14-9(17)8-4-5-8/h8,19H,3-7H2,1-2H3,(H2,13,16)(H,14,17)(H,15,18). The SMILES string of the molecule is CCC(C)(C(=O)NCCNC(=O)C1CC1)C(N)=NO. The van der Waals surface area contributed by atoms with Crippen molar-refractivity contribution < 1.29 is 14.8 Å². The van der Waals surface area contributed by atoms with Crippen LogP contribution in [0.3, 0.4) is 0 Å². The zero-order valence-electron chi connectivity index (χ0n) is 11.4. The van der Waals surface area contributed by atoms with E-state index in [0.717, 1.165) is 12.8 Å². The monoisotopic (exact) mass is 270 g/mol. The second-order valence-corrected chi connectivity index (χ2v) is 4.99. The van der Waals surface area contributed by atoms with Gasteiger partial charge in [0.15, 0.2) is 5.84 Å². The lowest BCUT2D eigenvalue weighted by atomic mass is 9.85. The Morgan fingerprint density at radius 3 is 2.42 bits per heavy atom. The highest BCUT2D eigenvalue weighted by molar-refractivity contribution is 6.06. The van der Waals surface area contributed by atoms with Gasteiger partial charge in [-0.2, -0.15) is 0 Å². The molecule has 1 unspecified atom stereocenters. The van der Waals surface area contributed by atoms with Crippen molar-refractivity contribution in [2.75, 3.05) is 13.1 Å². The lowest BCUT2D eigenvalue weighted by molar-refractivity contribution is -0.127. The molecule has 0 spiro atoms. The van der Waals surface area contributed by atoms with Crippen molar-refractivity contribution in [3.05, 3.63) is 0 Å². The van der Waals surface area contributed by atoms with Crippen LogP contribution in [0.2, 0.25) is 0 Å². The smallest absolute Gasteiger partial charge is 0.233 e. The van der Waals surface area contributed by atoms with Crippen LogP contribution in [0, 0.1) is 11.3 Å². The number of rotatable bonds is 7. The molecule has 0 bridgehead atoms. The van der Waals surface area contributed by atoms with Gasteiger partial charge < -0.3 is 21.6 Å². The fourth-order valence-electron chi connectivity index (χ4n) is 1.62. The first-order chi connectivity index (χ1) is 8.95. The molecule has 7 nitrogen and oxygen atoms in total. The van der Waals surface area contributed by atoms with Crippen LogP contribution in [-0.2, 0) is 9.59 Å². The molecule has 19 heavy (non-hydrogen) atoms. The maximum absolute atomic E-state index is 12.0. The first-order valence-corrected chi connectivity index (χ1v) is 6.49. The number of oxime groups is 1. The Kier molecular flexibility index (Phi) is 5.14. The van der Waals surface area contributed by atoms with Gasteiger partial charge in [0.25, 0.3) is 0 Å². The van der Waals surface area contributed by atoms with Crippen molar-refractivity contribution in [1.29, 1.82) is 0 Å². The normalized spacial score (nSPS) is 18.5. The number of nitrogens with zero attached hydrogens (tertiary/aromatic N) is 1. The summed E-state index contributed by atoms with van der Waals surface area (Å²) in [6.07, 6.45) is 2.33. The molecule has 1 aliphatic carbocycles.